The molecule has 19 heavy (non-hydrogen) atoms. The molecule has 0 saturated heterocycles. The van der Waals surface area contributed by atoms with Gasteiger partial charge in [-0.2, -0.15) is 4.57 Å². The highest BCUT2D eigenvalue weighted by Crippen LogP contribution is 2.24. The molecule has 0 spiro atoms. The molecule has 1 aromatic heterocycles. The zero-order chi connectivity index (χ0) is 17.5. The molecule has 0 atom stereocenters. The minimum absolute atomic E-state index is 0. The molecule has 1 aromatic carbocycles. The average Bonchev–Trinajstić information content (AvgIpc) is 2.51. The number of non-ortho nitro benzene ring substituents is 1. The lowest BCUT2D eigenvalue weighted by atomic mass is 10.2. The molecular formula is C11H8ClN3O4. The lowest BCUT2D eigenvalue weighted by Crippen LogP contribution is -3.00. The maximum absolute atomic E-state index is 11.1. The summed E-state index contributed by atoms with van der Waals surface area (Å²) in [7, 11) is 0. The van der Waals surface area contributed by atoms with E-state index in [4.69, 9.17) is 6.85 Å². The van der Waals surface area contributed by atoms with Crippen LogP contribution in [-0.2, 0) is 0 Å². The number of nitro benzene ring substituents is 2. The summed E-state index contributed by atoms with van der Waals surface area (Å²) >= 11 is 0. The smallest absolute Gasteiger partial charge is 0.347 e. The molecular weight excluding hydrogens is 274 g/mol. The van der Waals surface area contributed by atoms with E-state index in [0.717, 1.165) is 12.1 Å². The second-order valence-corrected chi connectivity index (χ2v) is 3.12. The third-order valence-corrected chi connectivity index (χ3v) is 2.07. The topological polar surface area (TPSA) is 90.2 Å². The first kappa shape index (κ1) is 8.54. The molecule has 2 aromatic rings. The molecule has 0 N–H and O–H groups in total. The number of pyridine rings is 1. The van der Waals surface area contributed by atoms with Gasteiger partial charge in [0, 0.05) is 24.2 Å². The van der Waals surface area contributed by atoms with Gasteiger partial charge in [0.2, 0.25) is 0 Å². The molecule has 1 heterocycles. The second kappa shape index (κ2) is 5.87. The Morgan fingerprint density at radius 1 is 1.05 bits per heavy atom. The van der Waals surface area contributed by atoms with Gasteiger partial charge in [0.15, 0.2) is 12.3 Å². The van der Waals surface area contributed by atoms with E-state index in [1.807, 2.05) is 0 Å². The van der Waals surface area contributed by atoms with Crippen LogP contribution in [0.3, 0.4) is 0 Å². The molecule has 0 bridgehead atoms. The minimum atomic E-state index is -0.921. The highest BCUT2D eigenvalue weighted by molar-refractivity contribution is 5.53. The molecule has 8 heteroatoms. The van der Waals surface area contributed by atoms with E-state index in [1.54, 1.807) is 0 Å². The first-order valence-corrected chi connectivity index (χ1v) is 4.59. The molecule has 0 amide bonds. The molecule has 2 rings (SSSR count). The van der Waals surface area contributed by atoms with Gasteiger partial charge in [-0.25, -0.2) is 0 Å². The first-order valence-electron chi connectivity index (χ1n) is 7.09. The molecule has 0 fully saturated rings. The fourth-order valence-electron chi connectivity index (χ4n) is 1.31. The van der Waals surface area contributed by atoms with Crippen LogP contribution >= 0.6 is 0 Å². The standard InChI is InChI=1S/C11H8N3O4.ClH/c15-13(16)9-4-5-10(11(8-9)14(17)18)12-6-2-1-3-7-12;/h1-8H;1H/q+1;/p-1/i1D,2D,3D,6D,7D;. The Balaban J connectivity index is 0.00000288. The predicted octanol–water partition coefficient (Wildman–Crippen LogP) is -1.22. The number of benzene rings is 1. The summed E-state index contributed by atoms with van der Waals surface area (Å²) in [5.74, 6) is 0. The van der Waals surface area contributed by atoms with Gasteiger partial charge in [-0.05, 0) is 0 Å². The van der Waals surface area contributed by atoms with Crippen LogP contribution in [0.15, 0.2) is 48.7 Å². The van der Waals surface area contributed by atoms with Crippen molar-refractivity contribution in [3.63, 3.8) is 0 Å². The third-order valence-electron chi connectivity index (χ3n) is 2.07. The highest BCUT2D eigenvalue weighted by atomic mass is 35.5. The Kier molecular flexibility index (Phi) is 2.64. The third kappa shape index (κ3) is 3.02. The van der Waals surface area contributed by atoms with Gasteiger partial charge in [-0.15, -0.1) is 0 Å². The van der Waals surface area contributed by atoms with Gasteiger partial charge < -0.3 is 12.4 Å². The van der Waals surface area contributed by atoms with Crippen LogP contribution in [0, 0.1) is 20.2 Å². The van der Waals surface area contributed by atoms with Crippen molar-refractivity contribution in [1.82, 2.24) is 0 Å². The zero-order valence-electron chi connectivity index (χ0n) is 14.1. The molecule has 98 valence electrons. The van der Waals surface area contributed by atoms with E-state index >= 15 is 0 Å². The summed E-state index contributed by atoms with van der Waals surface area (Å²) < 4.78 is 38.8. The van der Waals surface area contributed by atoms with Gasteiger partial charge in [0.1, 0.15) is 8.81 Å². The van der Waals surface area contributed by atoms with E-state index in [9.17, 15) is 20.2 Å². The lowest BCUT2D eigenvalue weighted by molar-refractivity contribution is -0.600. The Morgan fingerprint density at radius 2 is 1.68 bits per heavy atom. The summed E-state index contributed by atoms with van der Waals surface area (Å²) in [6.45, 7) is 0. The minimum Gasteiger partial charge on any atom is -1.00 e. The van der Waals surface area contributed by atoms with Crippen molar-refractivity contribution in [3.8, 4) is 5.69 Å². The quantitative estimate of drug-likeness (QED) is 0.402. The summed E-state index contributed by atoms with van der Waals surface area (Å²) in [4.78, 5) is 20.1. The van der Waals surface area contributed by atoms with Gasteiger partial charge in [-0.3, -0.25) is 20.2 Å². The molecule has 0 unspecified atom stereocenters. The maximum Gasteiger partial charge on any atom is 0.347 e. The van der Waals surface area contributed by atoms with Gasteiger partial charge in [-0.1, -0.05) is 6.04 Å². The van der Waals surface area contributed by atoms with Crippen LogP contribution < -0.4 is 17.0 Å². The number of nitrogens with zero attached hydrogens (tertiary/aromatic N) is 3. The number of rotatable bonds is 3. The number of halogens is 1. The summed E-state index contributed by atoms with van der Waals surface area (Å²) in [5.41, 5.74) is -1.66. The molecule has 0 aliphatic heterocycles. The van der Waals surface area contributed by atoms with Crippen LogP contribution in [0.1, 0.15) is 6.85 Å². The van der Waals surface area contributed by atoms with Crippen molar-refractivity contribution in [1.29, 1.82) is 0 Å². The van der Waals surface area contributed by atoms with Gasteiger partial charge in [0.25, 0.3) is 11.4 Å². The van der Waals surface area contributed by atoms with Crippen molar-refractivity contribution in [2.75, 3.05) is 0 Å². The summed E-state index contributed by atoms with van der Waals surface area (Å²) in [6, 6.07) is 0.576. The first-order chi connectivity index (χ1) is 10.7. The van der Waals surface area contributed by atoms with E-state index in [0.29, 0.717) is 10.6 Å². The molecule has 0 radical (unpaired) electrons. The van der Waals surface area contributed by atoms with E-state index in [1.165, 1.54) is 0 Å². The maximum atomic E-state index is 11.1. The Morgan fingerprint density at radius 3 is 2.21 bits per heavy atom. The monoisotopic (exact) mass is 286 g/mol. The summed E-state index contributed by atoms with van der Waals surface area (Å²) in [5, 5.41) is 21.9. The van der Waals surface area contributed by atoms with Crippen LogP contribution in [0.4, 0.5) is 11.4 Å². The van der Waals surface area contributed by atoms with Gasteiger partial charge >= 0.3 is 5.69 Å². The number of aromatic nitrogens is 1. The fourth-order valence-corrected chi connectivity index (χ4v) is 1.31. The fraction of sp³-hybridized carbons (Fsp3) is 0. The van der Waals surface area contributed by atoms with Crippen molar-refractivity contribution in [2.45, 2.75) is 0 Å². The number of hydrogen-bond acceptors (Lipinski definition) is 4. The second-order valence-electron chi connectivity index (χ2n) is 3.12. The molecule has 0 saturated carbocycles. The van der Waals surface area contributed by atoms with Gasteiger partial charge in [0.05, 0.1) is 14.0 Å². The molecule has 7 nitrogen and oxygen atoms in total. The predicted molar refractivity (Wildman–Crippen MR) is 61.3 cm³/mol. The van der Waals surface area contributed by atoms with Crippen molar-refractivity contribution >= 4 is 11.4 Å². The van der Waals surface area contributed by atoms with Crippen molar-refractivity contribution in [3.05, 3.63) is 68.9 Å². The van der Waals surface area contributed by atoms with E-state index in [-0.39, 0.29) is 18.1 Å². The molecule has 0 aliphatic carbocycles. The van der Waals surface area contributed by atoms with Crippen molar-refractivity contribution in [2.24, 2.45) is 0 Å². The highest BCUT2D eigenvalue weighted by Gasteiger charge is 2.25. The largest absolute Gasteiger partial charge is 1.00 e. The molecule has 0 aliphatic rings. The SMILES string of the molecule is [2H]c1c([2H])c([2H])[n+](-c2ccc([N+](=O)[O-])cc2[N+](=O)[O-])c([2H])c1[2H].[Cl-]. The van der Waals surface area contributed by atoms with Crippen molar-refractivity contribution < 1.29 is 33.7 Å². The Bertz CT molecular complexity index is 835. The van der Waals surface area contributed by atoms with Crippen LogP contribution in [0.2, 0.25) is 0 Å². The zero-order valence-corrected chi connectivity index (χ0v) is 9.84. The average molecular weight is 287 g/mol. The number of nitro groups is 2. The van der Waals surface area contributed by atoms with Crippen LogP contribution in [0.25, 0.3) is 5.69 Å². The normalized spacial score (nSPS) is 13.2. The Hall–Kier alpha value is -2.54. The van der Waals surface area contributed by atoms with E-state index in [2.05, 4.69) is 0 Å². The van der Waals surface area contributed by atoms with Crippen LogP contribution in [0.5, 0.6) is 0 Å². The lowest BCUT2D eigenvalue weighted by Gasteiger charge is -1.97. The van der Waals surface area contributed by atoms with E-state index < -0.39 is 51.7 Å². The Labute approximate surface area is 120 Å². The van der Waals surface area contributed by atoms with Crippen LogP contribution in [-0.4, -0.2) is 9.85 Å². The number of hydrogen-bond donors (Lipinski definition) is 0. The summed E-state index contributed by atoms with van der Waals surface area (Å²) in [6.07, 6.45) is -1.40.